The highest BCUT2D eigenvalue weighted by molar-refractivity contribution is 5.32. The van der Waals surface area contributed by atoms with Gasteiger partial charge in [0.2, 0.25) is 0 Å². The minimum absolute atomic E-state index is 0.337. The van der Waals surface area contributed by atoms with E-state index in [1.54, 1.807) is 19.5 Å². The molecule has 0 bridgehead atoms. The molecule has 0 atom stereocenters. The fraction of sp³-hybridized carbons (Fsp3) is 0.333. The number of ether oxygens (including phenoxy) is 2. The predicted octanol–water partition coefficient (Wildman–Crippen LogP) is 2.78. The van der Waals surface area contributed by atoms with E-state index < -0.39 is 0 Å². The van der Waals surface area contributed by atoms with E-state index in [-0.39, 0.29) is 0 Å². The molecule has 5 nitrogen and oxygen atoms in total. The average Bonchev–Trinajstić information content (AvgIpc) is 2.47. The van der Waals surface area contributed by atoms with Crippen LogP contribution < -0.4 is 14.8 Å². The monoisotopic (exact) mass is 273 g/mol. The van der Waals surface area contributed by atoms with E-state index in [0.717, 1.165) is 17.9 Å². The van der Waals surface area contributed by atoms with Crippen LogP contribution in [0.15, 0.2) is 36.7 Å². The summed E-state index contributed by atoms with van der Waals surface area (Å²) in [6.07, 6.45) is 3.53. The van der Waals surface area contributed by atoms with Gasteiger partial charge in [-0.05, 0) is 24.3 Å². The van der Waals surface area contributed by atoms with E-state index in [0.29, 0.717) is 17.8 Å². The topological polar surface area (TPSA) is 56.3 Å². The average molecular weight is 273 g/mol. The minimum Gasteiger partial charge on any atom is -0.497 e. The maximum Gasteiger partial charge on any atom is 0.321 e. The number of rotatable bonds is 6. The molecule has 0 amide bonds. The van der Waals surface area contributed by atoms with Crippen molar-refractivity contribution in [2.45, 2.75) is 26.4 Å². The first-order valence-corrected chi connectivity index (χ1v) is 6.53. The second kappa shape index (κ2) is 6.86. The molecule has 2 rings (SSSR count). The van der Waals surface area contributed by atoms with Gasteiger partial charge in [-0.15, -0.1) is 0 Å². The molecular formula is C15H19N3O2. The molecule has 0 radical (unpaired) electrons. The van der Waals surface area contributed by atoms with Crippen molar-refractivity contribution in [3.63, 3.8) is 0 Å². The Balaban J connectivity index is 1.95. The molecule has 1 N–H and O–H groups in total. The maximum absolute atomic E-state index is 5.56. The molecule has 0 aliphatic carbocycles. The SMILES string of the molecule is COc1ccc(Oc2ncc(CNC(C)C)cn2)cc1. The standard InChI is InChI=1S/C15H19N3O2/c1-11(2)16-8-12-9-17-15(18-10-12)20-14-6-4-13(19-3)5-7-14/h4-7,9-11,16H,8H2,1-3H3. The quantitative estimate of drug-likeness (QED) is 0.877. The summed E-state index contributed by atoms with van der Waals surface area (Å²) < 4.78 is 10.6. The van der Waals surface area contributed by atoms with Crippen LogP contribution in [0.25, 0.3) is 0 Å². The third kappa shape index (κ3) is 4.20. The van der Waals surface area contributed by atoms with Crippen LogP contribution in [0.3, 0.4) is 0 Å². The second-order valence-corrected chi connectivity index (χ2v) is 4.69. The molecular weight excluding hydrogens is 254 g/mol. The largest absolute Gasteiger partial charge is 0.497 e. The maximum atomic E-state index is 5.56. The number of nitrogens with one attached hydrogen (secondary N) is 1. The summed E-state index contributed by atoms with van der Waals surface area (Å²) in [6, 6.07) is 8.06. The zero-order chi connectivity index (χ0) is 14.4. The molecule has 0 fully saturated rings. The van der Waals surface area contributed by atoms with Crippen LogP contribution in [0, 0.1) is 0 Å². The predicted molar refractivity (Wildman–Crippen MR) is 77.1 cm³/mol. The van der Waals surface area contributed by atoms with Crippen molar-refractivity contribution in [3.05, 3.63) is 42.2 Å². The molecule has 106 valence electrons. The molecule has 0 saturated carbocycles. The van der Waals surface area contributed by atoms with Crippen molar-refractivity contribution in [3.8, 4) is 17.5 Å². The van der Waals surface area contributed by atoms with Crippen molar-refractivity contribution in [2.75, 3.05) is 7.11 Å². The summed E-state index contributed by atoms with van der Waals surface area (Å²) in [7, 11) is 1.63. The fourth-order valence-electron chi connectivity index (χ4n) is 1.56. The van der Waals surface area contributed by atoms with Gasteiger partial charge in [-0.25, -0.2) is 9.97 Å². The molecule has 5 heteroatoms. The Labute approximate surface area is 119 Å². The van der Waals surface area contributed by atoms with E-state index in [1.165, 1.54) is 0 Å². The number of hydrogen-bond acceptors (Lipinski definition) is 5. The number of aromatic nitrogens is 2. The first-order valence-electron chi connectivity index (χ1n) is 6.53. The Hall–Kier alpha value is -2.14. The van der Waals surface area contributed by atoms with E-state index in [1.807, 2.05) is 24.3 Å². The van der Waals surface area contributed by atoms with Crippen molar-refractivity contribution in [2.24, 2.45) is 0 Å². The van der Waals surface area contributed by atoms with E-state index in [2.05, 4.69) is 29.1 Å². The van der Waals surface area contributed by atoms with Crippen molar-refractivity contribution < 1.29 is 9.47 Å². The van der Waals surface area contributed by atoms with Crippen LogP contribution in [-0.4, -0.2) is 23.1 Å². The lowest BCUT2D eigenvalue weighted by Gasteiger charge is -2.08. The normalized spacial score (nSPS) is 10.6. The third-order valence-corrected chi connectivity index (χ3v) is 2.66. The molecule has 0 aliphatic rings. The Morgan fingerprint density at radius 2 is 1.65 bits per heavy atom. The molecule has 1 heterocycles. The number of hydrogen-bond donors (Lipinski definition) is 1. The number of methoxy groups -OCH3 is 1. The zero-order valence-corrected chi connectivity index (χ0v) is 12.0. The van der Waals surface area contributed by atoms with Gasteiger partial charge in [0, 0.05) is 30.5 Å². The van der Waals surface area contributed by atoms with Crippen LogP contribution >= 0.6 is 0 Å². The summed E-state index contributed by atoms with van der Waals surface area (Å²) in [4.78, 5) is 8.38. The molecule has 0 unspecified atom stereocenters. The van der Waals surface area contributed by atoms with Gasteiger partial charge < -0.3 is 14.8 Å². The van der Waals surface area contributed by atoms with Crippen LogP contribution in [-0.2, 0) is 6.54 Å². The van der Waals surface area contributed by atoms with Crippen LogP contribution in [0.4, 0.5) is 0 Å². The summed E-state index contributed by atoms with van der Waals surface area (Å²) in [5.41, 5.74) is 1.03. The van der Waals surface area contributed by atoms with Gasteiger partial charge in [0.15, 0.2) is 0 Å². The third-order valence-electron chi connectivity index (χ3n) is 2.66. The molecule has 1 aromatic heterocycles. The van der Waals surface area contributed by atoms with Crippen molar-refractivity contribution in [1.29, 1.82) is 0 Å². The van der Waals surface area contributed by atoms with Gasteiger partial charge in [-0.3, -0.25) is 0 Å². The van der Waals surface area contributed by atoms with Crippen LogP contribution in [0.2, 0.25) is 0 Å². The number of benzene rings is 1. The Bertz CT molecular complexity index is 524. The summed E-state index contributed by atoms with van der Waals surface area (Å²) in [5, 5.41) is 3.31. The smallest absolute Gasteiger partial charge is 0.321 e. The number of nitrogens with zero attached hydrogens (tertiary/aromatic N) is 2. The first-order chi connectivity index (χ1) is 9.67. The lowest BCUT2D eigenvalue weighted by molar-refractivity contribution is 0.410. The van der Waals surface area contributed by atoms with E-state index in [9.17, 15) is 0 Å². The molecule has 1 aromatic carbocycles. The molecule has 0 aliphatic heterocycles. The Kier molecular flexibility index (Phi) is 4.90. The van der Waals surface area contributed by atoms with Crippen LogP contribution in [0.1, 0.15) is 19.4 Å². The Morgan fingerprint density at radius 1 is 1.05 bits per heavy atom. The van der Waals surface area contributed by atoms with Gasteiger partial charge in [0.05, 0.1) is 7.11 Å². The van der Waals surface area contributed by atoms with Crippen LogP contribution in [0.5, 0.6) is 17.5 Å². The van der Waals surface area contributed by atoms with Gasteiger partial charge in [-0.1, -0.05) is 13.8 Å². The highest BCUT2D eigenvalue weighted by atomic mass is 16.5. The Morgan fingerprint density at radius 3 is 2.20 bits per heavy atom. The molecule has 20 heavy (non-hydrogen) atoms. The summed E-state index contributed by atoms with van der Waals surface area (Å²) in [5.74, 6) is 1.47. The molecule has 0 spiro atoms. The van der Waals surface area contributed by atoms with Gasteiger partial charge in [-0.2, -0.15) is 0 Å². The molecule has 2 aromatic rings. The summed E-state index contributed by atoms with van der Waals surface area (Å²) >= 11 is 0. The second-order valence-electron chi connectivity index (χ2n) is 4.69. The molecule has 0 saturated heterocycles. The van der Waals surface area contributed by atoms with E-state index in [4.69, 9.17) is 9.47 Å². The first kappa shape index (κ1) is 14.3. The van der Waals surface area contributed by atoms with Gasteiger partial charge >= 0.3 is 6.01 Å². The summed E-state index contributed by atoms with van der Waals surface area (Å²) in [6.45, 7) is 4.95. The van der Waals surface area contributed by atoms with Crippen molar-refractivity contribution >= 4 is 0 Å². The van der Waals surface area contributed by atoms with Crippen molar-refractivity contribution in [1.82, 2.24) is 15.3 Å². The highest BCUT2D eigenvalue weighted by Gasteiger charge is 2.02. The zero-order valence-electron chi connectivity index (χ0n) is 12.0. The highest BCUT2D eigenvalue weighted by Crippen LogP contribution is 2.20. The minimum atomic E-state index is 0.337. The van der Waals surface area contributed by atoms with E-state index >= 15 is 0 Å². The lowest BCUT2D eigenvalue weighted by atomic mass is 10.3. The fourth-order valence-corrected chi connectivity index (χ4v) is 1.56. The van der Waals surface area contributed by atoms with Gasteiger partial charge in [0.1, 0.15) is 11.5 Å². The lowest BCUT2D eigenvalue weighted by Crippen LogP contribution is -2.21. The van der Waals surface area contributed by atoms with Gasteiger partial charge in [0.25, 0.3) is 0 Å².